The largest absolute Gasteiger partial charge is 0.289 e. The van der Waals surface area contributed by atoms with Crippen LogP contribution in [0.25, 0.3) is 0 Å². The van der Waals surface area contributed by atoms with Gasteiger partial charge in [-0.25, -0.2) is 0 Å². The minimum atomic E-state index is -0.0448. The molecule has 0 saturated carbocycles. The number of carbonyl (C=O) groups excluding carboxylic acids is 1. The third-order valence-corrected chi connectivity index (χ3v) is 3.69. The summed E-state index contributed by atoms with van der Waals surface area (Å²) >= 11 is 12.0. The van der Waals surface area contributed by atoms with E-state index in [4.69, 9.17) is 23.2 Å². The van der Waals surface area contributed by atoms with Gasteiger partial charge in [0.15, 0.2) is 5.78 Å². The summed E-state index contributed by atoms with van der Waals surface area (Å²) in [5, 5.41) is 1.26. The Labute approximate surface area is 116 Å². The predicted molar refractivity (Wildman–Crippen MR) is 75.8 cm³/mol. The molecule has 0 aromatic heterocycles. The van der Waals surface area contributed by atoms with Crippen LogP contribution in [0.15, 0.2) is 36.4 Å². The minimum Gasteiger partial charge on any atom is -0.289 e. The van der Waals surface area contributed by atoms with Crippen LogP contribution >= 0.6 is 23.2 Å². The molecule has 0 radical (unpaired) electrons. The Hall–Kier alpha value is -1.31. The maximum absolute atomic E-state index is 12.3. The number of benzene rings is 2. The van der Waals surface area contributed by atoms with Gasteiger partial charge < -0.3 is 0 Å². The van der Waals surface area contributed by atoms with E-state index in [1.807, 2.05) is 19.9 Å². The van der Waals surface area contributed by atoms with Crippen molar-refractivity contribution in [1.82, 2.24) is 0 Å². The Balaban J connectivity index is 2.41. The Kier molecular flexibility index (Phi) is 3.74. The van der Waals surface area contributed by atoms with Gasteiger partial charge in [0.05, 0.1) is 0 Å². The monoisotopic (exact) mass is 278 g/mol. The van der Waals surface area contributed by atoms with Gasteiger partial charge in [-0.15, -0.1) is 0 Å². The van der Waals surface area contributed by atoms with Crippen LogP contribution in [0.3, 0.4) is 0 Å². The van der Waals surface area contributed by atoms with Gasteiger partial charge >= 0.3 is 0 Å². The average molecular weight is 279 g/mol. The maximum Gasteiger partial charge on any atom is 0.193 e. The van der Waals surface area contributed by atoms with E-state index in [0.29, 0.717) is 21.2 Å². The first-order chi connectivity index (χ1) is 8.49. The number of ketones is 1. The highest BCUT2D eigenvalue weighted by Gasteiger charge is 2.11. The van der Waals surface area contributed by atoms with E-state index >= 15 is 0 Å². The van der Waals surface area contributed by atoms with Crippen LogP contribution in [0, 0.1) is 13.8 Å². The fraction of sp³-hybridized carbons (Fsp3) is 0.133. The van der Waals surface area contributed by atoms with Crippen LogP contribution in [0.4, 0.5) is 0 Å². The van der Waals surface area contributed by atoms with E-state index in [1.54, 1.807) is 30.3 Å². The molecule has 2 aromatic carbocycles. The van der Waals surface area contributed by atoms with Crippen LogP contribution in [0.1, 0.15) is 27.0 Å². The Bertz CT molecular complexity index is 564. The molecule has 2 aromatic rings. The molecule has 0 fully saturated rings. The second kappa shape index (κ2) is 5.13. The third-order valence-electron chi connectivity index (χ3n) is 2.85. The summed E-state index contributed by atoms with van der Waals surface area (Å²) in [6, 6.07) is 10.6. The summed E-state index contributed by atoms with van der Waals surface area (Å²) in [6.07, 6.45) is 0. The van der Waals surface area contributed by atoms with Gasteiger partial charge in [-0.3, -0.25) is 4.79 Å². The highest BCUT2D eigenvalue weighted by atomic mass is 35.5. The SMILES string of the molecule is Cc1cc(C(=O)c2ccc(C)c(Cl)c2)ccc1Cl. The van der Waals surface area contributed by atoms with E-state index in [9.17, 15) is 4.79 Å². The predicted octanol–water partition coefficient (Wildman–Crippen LogP) is 4.84. The number of halogens is 2. The van der Waals surface area contributed by atoms with Crippen molar-refractivity contribution in [3.05, 3.63) is 68.7 Å². The fourth-order valence-corrected chi connectivity index (χ4v) is 1.98. The van der Waals surface area contributed by atoms with Gasteiger partial charge in [-0.2, -0.15) is 0 Å². The lowest BCUT2D eigenvalue weighted by atomic mass is 10.0. The molecule has 0 saturated heterocycles. The lowest BCUT2D eigenvalue weighted by molar-refractivity contribution is 0.103. The number of aryl methyl sites for hydroxylation is 2. The number of rotatable bonds is 2. The molecule has 3 heteroatoms. The molecular weight excluding hydrogens is 267 g/mol. The molecule has 1 nitrogen and oxygen atoms in total. The van der Waals surface area contributed by atoms with Crippen molar-refractivity contribution in [3.8, 4) is 0 Å². The van der Waals surface area contributed by atoms with E-state index in [1.165, 1.54) is 0 Å². The second-order valence-electron chi connectivity index (χ2n) is 4.26. The lowest BCUT2D eigenvalue weighted by Crippen LogP contribution is -2.02. The average Bonchev–Trinajstić information content (AvgIpc) is 2.35. The van der Waals surface area contributed by atoms with E-state index < -0.39 is 0 Å². The molecule has 18 heavy (non-hydrogen) atoms. The summed E-state index contributed by atoms with van der Waals surface area (Å²) in [5.74, 6) is -0.0448. The fourth-order valence-electron chi connectivity index (χ4n) is 1.69. The minimum absolute atomic E-state index is 0.0448. The highest BCUT2D eigenvalue weighted by molar-refractivity contribution is 6.32. The molecule has 0 spiro atoms. The molecular formula is C15H12Cl2O. The number of hydrogen-bond donors (Lipinski definition) is 0. The van der Waals surface area contributed by atoms with E-state index in [2.05, 4.69) is 0 Å². The van der Waals surface area contributed by atoms with Gasteiger partial charge in [0.2, 0.25) is 0 Å². The quantitative estimate of drug-likeness (QED) is 0.719. The number of hydrogen-bond acceptors (Lipinski definition) is 1. The van der Waals surface area contributed by atoms with Gasteiger partial charge in [0, 0.05) is 21.2 Å². The van der Waals surface area contributed by atoms with Crippen molar-refractivity contribution in [2.24, 2.45) is 0 Å². The normalized spacial score (nSPS) is 10.4. The molecule has 0 bridgehead atoms. The van der Waals surface area contributed by atoms with Crippen molar-refractivity contribution < 1.29 is 4.79 Å². The summed E-state index contributed by atoms with van der Waals surface area (Å²) in [5.41, 5.74) is 3.06. The standard InChI is InChI=1S/C15H12Cl2O/c1-9-3-4-12(8-14(9)17)15(18)11-5-6-13(16)10(2)7-11/h3-8H,1-2H3. The number of carbonyl (C=O) groups is 1. The summed E-state index contributed by atoms with van der Waals surface area (Å²) < 4.78 is 0. The lowest BCUT2D eigenvalue weighted by Gasteiger charge is -2.05. The zero-order chi connectivity index (χ0) is 13.3. The summed E-state index contributed by atoms with van der Waals surface area (Å²) in [7, 11) is 0. The first-order valence-corrected chi connectivity index (χ1v) is 6.31. The van der Waals surface area contributed by atoms with Crippen LogP contribution in [0.5, 0.6) is 0 Å². The smallest absolute Gasteiger partial charge is 0.193 e. The second-order valence-corrected chi connectivity index (χ2v) is 5.07. The van der Waals surface area contributed by atoms with Crippen molar-refractivity contribution in [1.29, 1.82) is 0 Å². The third kappa shape index (κ3) is 2.58. The molecule has 0 heterocycles. The first-order valence-electron chi connectivity index (χ1n) is 5.56. The molecule has 0 amide bonds. The Morgan fingerprint density at radius 2 is 1.44 bits per heavy atom. The zero-order valence-electron chi connectivity index (χ0n) is 10.1. The Morgan fingerprint density at radius 3 is 2.06 bits per heavy atom. The molecule has 92 valence electrons. The maximum atomic E-state index is 12.3. The molecule has 0 aliphatic carbocycles. The topological polar surface area (TPSA) is 17.1 Å². The molecule has 0 aliphatic heterocycles. The van der Waals surface area contributed by atoms with Gasteiger partial charge in [-0.1, -0.05) is 35.3 Å². The van der Waals surface area contributed by atoms with E-state index in [0.717, 1.165) is 11.1 Å². The van der Waals surface area contributed by atoms with Gasteiger partial charge in [-0.05, 0) is 49.2 Å². The Morgan fingerprint density at radius 1 is 0.833 bits per heavy atom. The molecule has 0 aliphatic rings. The zero-order valence-corrected chi connectivity index (χ0v) is 11.6. The van der Waals surface area contributed by atoms with Crippen LogP contribution in [-0.4, -0.2) is 5.78 Å². The van der Waals surface area contributed by atoms with Crippen molar-refractivity contribution in [2.75, 3.05) is 0 Å². The van der Waals surface area contributed by atoms with Crippen LogP contribution in [0.2, 0.25) is 10.0 Å². The summed E-state index contributed by atoms with van der Waals surface area (Å²) in [6.45, 7) is 3.78. The van der Waals surface area contributed by atoms with Crippen molar-refractivity contribution >= 4 is 29.0 Å². The van der Waals surface area contributed by atoms with Crippen molar-refractivity contribution in [2.45, 2.75) is 13.8 Å². The van der Waals surface area contributed by atoms with Crippen molar-refractivity contribution in [3.63, 3.8) is 0 Å². The molecule has 0 N–H and O–H groups in total. The van der Waals surface area contributed by atoms with Gasteiger partial charge in [0.1, 0.15) is 0 Å². The van der Waals surface area contributed by atoms with Crippen LogP contribution in [-0.2, 0) is 0 Å². The van der Waals surface area contributed by atoms with Gasteiger partial charge in [0.25, 0.3) is 0 Å². The molecule has 0 unspecified atom stereocenters. The first kappa shape index (κ1) is 13.1. The highest BCUT2D eigenvalue weighted by Crippen LogP contribution is 2.21. The van der Waals surface area contributed by atoms with Crippen LogP contribution < -0.4 is 0 Å². The van der Waals surface area contributed by atoms with E-state index in [-0.39, 0.29) is 5.78 Å². The molecule has 0 atom stereocenters. The summed E-state index contributed by atoms with van der Waals surface area (Å²) in [4.78, 5) is 12.3. The molecule has 2 rings (SSSR count).